The summed E-state index contributed by atoms with van der Waals surface area (Å²) in [5.41, 5.74) is 2.89. The van der Waals surface area contributed by atoms with Gasteiger partial charge < -0.3 is 14.0 Å². The van der Waals surface area contributed by atoms with Gasteiger partial charge in [-0.3, -0.25) is 4.98 Å². The Labute approximate surface area is 144 Å². The molecule has 1 aliphatic carbocycles. The number of fused-ring (bicyclic) bond motifs is 2. The Kier molecular flexibility index (Phi) is 2.89. The predicted molar refractivity (Wildman–Crippen MR) is 93.8 cm³/mol. The second kappa shape index (κ2) is 4.89. The Morgan fingerprint density at radius 3 is 3.00 bits per heavy atom. The van der Waals surface area contributed by atoms with Gasteiger partial charge in [0.25, 0.3) is 0 Å². The van der Waals surface area contributed by atoms with E-state index in [0.717, 1.165) is 51.5 Å². The van der Waals surface area contributed by atoms with Gasteiger partial charge in [-0.15, -0.1) is 11.8 Å². The highest BCUT2D eigenvalue weighted by molar-refractivity contribution is 7.98. The Hall–Kier alpha value is -2.21. The van der Waals surface area contributed by atoms with Crippen molar-refractivity contribution in [2.45, 2.75) is 23.5 Å². The second-order valence-electron chi connectivity index (χ2n) is 6.46. The van der Waals surface area contributed by atoms with E-state index in [1.54, 1.807) is 11.8 Å². The van der Waals surface area contributed by atoms with Crippen LogP contribution in [-0.2, 0) is 7.05 Å². The third-order valence-corrected chi connectivity index (χ3v) is 5.41. The van der Waals surface area contributed by atoms with E-state index in [4.69, 9.17) is 14.5 Å². The summed E-state index contributed by atoms with van der Waals surface area (Å²) in [5.74, 6) is 1.58. The summed E-state index contributed by atoms with van der Waals surface area (Å²) >= 11 is 1.62. The van der Waals surface area contributed by atoms with Crippen LogP contribution in [0.5, 0.6) is 11.5 Å². The van der Waals surface area contributed by atoms with Crippen molar-refractivity contribution >= 4 is 22.7 Å². The molecule has 0 saturated heterocycles. The van der Waals surface area contributed by atoms with Gasteiger partial charge in [-0.05, 0) is 25.2 Å². The molecule has 0 unspecified atom stereocenters. The van der Waals surface area contributed by atoms with Crippen molar-refractivity contribution in [3.8, 4) is 22.8 Å². The second-order valence-corrected chi connectivity index (χ2v) is 7.29. The molecule has 24 heavy (non-hydrogen) atoms. The van der Waals surface area contributed by atoms with Crippen molar-refractivity contribution in [3.05, 3.63) is 30.7 Å². The van der Waals surface area contributed by atoms with E-state index in [1.165, 1.54) is 0 Å². The van der Waals surface area contributed by atoms with Gasteiger partial charge >= 0.3 is 0 Å². The first-order valence-electron chi connectivity index (χ1n) is 7.99. The van der Waals surface area contributed by atoms with Crippen LogP contribution in [0.3, 0.4) is 0 Å². The predicted octanol–water partition coefficient (Wildman–Crippen LogP) is 3.66. The molecule has 0 radical (unpaired) electrons. The lowest BCUT2D eigenvalue weighted by molar-refractivity contribution is 0.0714. The van der Waals surface area contributed by atoms with Crippen LogP contribution in [0.4, 0.5) is 0 Å². The summed E-state index contributed by atoms with van der Waals surface area (Å²) < 4.78 is 14.5. The van der Waals surface area contributed by atoms with Crippen LogP contribution >= 0.6 is 11.8 Å². The normalized spacial score (nSPS) is 17.4. The molecule has 1 fully saturated rings. The quantitative estimate of drug-likeness (QED) is 0.667. The molecule has 1 aliphatic heterocycles. The van der Waals surface area contributed by atoms with Gasteiger partial charge in [-0.2, -0.15) is 0 Å². The monoisotopic (exact) mass is 339 g/mol. The summed E-state index contributed by atoms with van der Waals surface area (Å²) in [7, 11) is 2.02. The first-order valence-corrected chi connectivity index (χ1v) is 9.22. The number of aromatic nitrogens is 3. The van der Waals surface area contributed by atoms with Gasteiger partial charge in [0.15, 0.2) is 11.5 Å². The average molecular weight is 339 g/mol. The van der Waals surface area contributed by atoms with E-state index < -0.39 is 0 Å². The van der Waals surface area contributed by atoms with Gasteiger partial charge in [0.1, 0.15) is 22.9 Å². The number of pyridine rings is 2. The average Bonchev–Trinajstić information content (AvgIpc) is 3.27. The van der Waals surface area contributed by atoms with Crippen molar-refractivity contribution < 1.29 is 9.47 Å². The van der Waals surface area contributed by atoms with Gasteiger partial charge in [-0.25, -0.2) is 4.98 Å². The third kappa shape index (κ3) is 2.02. The van der Waals surface area contributed by atoms with Gasteiger partial charge in [0.05, 0.1) is 11.7 Å². The van der Waals surface area contributed by atoms with E-state index in [0.29, 0.717) is 6.61 Å². The summed E-state index contributed by atoms with van der Waals surface area (Å²) in [4.78, 5) is 9.06. The number of ether oxygens (including phenoxy) is 2. The van der Waals surface area contributed by atoms with Crippen LogP contribution in [0.1, 0.15) is 12.8 Å². The molecule has 6 heteroatoms. The van der Waals surface area contributed by atoms with Crippen molar-refractivity contribution in [1.82, 2.24) is 14.5 Å². The molecule has 122 valence electrons. The molecule has 0 bridgehead atoms. The minimum Gasteiger partial charge on any atom is -0.483 e. The Morgan fingerprint density at radius 1 is 1.33 bits per heavy atom. The number of hydrogen-bond donors (Lipinski definition) is 0. The molecular weight excluding hydrogens is 322 g/mol. The zero-order valence-corrected chi connectivity index (χ0v) is 14.4. The number of thioether (sulfide) groups is 1. The number of hydrogen-bond acceptors (Lipinski definition) is 5. The molecule has 1 saturated carbocycles. The van der Waals surface area contributed by atoms with Crippen LogP contribution in [0.25, 0.3) is 22.2 Å². The molecule has 5 rings (SSSR count). The van der Waals surface area contributed by atoms with Crippen LogP contribution in [-0.4, -0.2) is 33.0 Å². The summed E-state index contributed by atoms with van der Waals surface area (Å²) in [5, 5.41) is 2.06. The highest BCUT2D eigenvalue weighted by atomic mass is 32.2. The molecular formula is C18H17N3O2S. The van der Waals surface area contributed by atoms with Gasteiger partial charge in [0.2, 0.25) is 0 Å². The molecule has 5 nitrogen and oxygen atoms in total. The molecule has 2 aliphatic rings. The smallest absolute Gasteiger partial charge is 0.187 e. The van der Waals surface area contributed by atoms with Crippen LogP contribution in [0.2, 0.25) is 0 Å². The Balaban J connectivity index is 1.75. The fourth-order valence-electron chi connectivity index (χ4n) is 3.26. The van der Waals surface area contributed by atoms with Gasteiger partial charge in [0, 0.05) is 36.5 Å². The highest BCUT2D eigenvalue weighted by Crippen LogP contribution is 2.51. The molecule has 3 aromatic heterocycles. The largest absolute Gasteiger partial charge is 0.483 e. The molecule has 4 heterocycles. The van der Waals surface area contributed by atoms with E-state index in [9.17, 15) is 0 Å². The lowest BCUT2D eigenvalue weighted by Gasteiger charge is -2.28. The fourth-order valence-corrected chi connectivity index (χ4v) is 3.67. The Bertz CT molecular complexity index is 962. The molecule has 3 aromatic rings. The number of aryl methyl sites for hydroxylation is 1. The van der Waals surface area contributed by atoms with E-state index >= 15 is 0 Å². The third-order valence-electron chi connectivity index (χ3n) is 4.79. The van der Waals surface area contributed by atoms with Crippen molar-refractivity contribution in [2.24, 2.45) is 7.05 Å². The molecule has 0 aromatic carbocycles. The summed E-state index contributed by atoms with van der Waals surface area (Å²) in [6.07, 6.45) is 9.94. The van der Waals surface area contributed by atoms with E-state index in [-0.39, 0.29) is 5.60 Å². The maximum absolute atomic E-state index is 6.26. The lowest BCUT2D eigenvalue weighted by Crippen LogP contribution is -2.31. The Morgan fingerprint density at radius 2 is 2.21 bits per heavy atom. The lowest BCUT2D eigenvalue weighted by atomic mass is 10.1. The molecule has 0 amide bonds. The zero-order valence-electron chi connectivity index (χ0n) is 13.6. The molecule has 0 N–H and O–H groups in total. The van der Waals surface area contributed by atoms with E-state index in [1.807, 2.05) is 37.8 Å². The van der Waals surface area contributed by atoms with Crippen molar-refractivity contribution in [1.29, 1.82) is 0 Å². The standard InChI is InChI=1S/C18H17N3O2S/c1-21-9-12(11-3-6-19-8-13(11)21)16-17-14(7-15(20-16)24-2)23-18(4-5-18)10-22-17/h3,6-9H,4-5,10H2,1-2H3. The van der Waals surface area contributed by atoms with E-state index in [2.05, 4.69) is 15.7 Å². The van der Waals surface area contributed by atoms with Crippen LogP contribution in [0, 0.1) is 0 Å². The molecule has 1 spiro atoms. The summed E-state index contributed by atoms with van der Waals surface area (Å²) in [6.45, 7) is 0.611. The highest BCUT2D eigenvalue weighted by Gasteiger charge is 2.50. The fraction of sp³-hybridized carbons (Fsp3) is 0.333. The van der Waals surface area contributed by atoms with Crippen LogP contribution in [0.15, 0.2) is 35.7 Å². The topological polar surface area (TPSA) is 49.2 Å². The minimum atomic E-state index is -0.0933. The minimum absolute atomic E-state index is 0.0933. The zero-order chi connectivity index (χ0) is 16.3. The summed E-state index contributed by atoms with van der Waals surface area (Å²) in [6, 6.07) is 4.02. The number of rotatable bonds is 2. The first-order chi connectivity index (χ1) is 11.7. The van der Waals surface area contributed by atoms with Crippen molar-refractivity contribution in [3.63, 3.8) is 0 Å². The van der Waals surface area contributed by atoms with Crippen LogP contribution < -0.4 is 9.47 Å². The SMILES string of the molecule is CSc1cc2c(c(-c3cn(C)c4cnccc34)n1)OCC1(CC1)O2. The maximum atomic E-state index is 6.26. The van der Waals surface area contributed by atoms with Gasteiger partial charge in [-0.1, -0.05) is 0 Å². The molecule has 0 atom stereocenters. The maximum Gasteiger partial charge on any atom is 0.187 e. The first kappa shape index (κ1) is 14.2. The van der Waals surface area contributed by atoms with Crippen molar-refractivity contribution in [2.75, 3.05) is 12.9 Å². The number of nitrogens with zero attached hydrogens (tertiary/aromatic N) is 3.